The smallest absolute Gasteiger partial charge is 0.0290 e. The van der Waals surface area contributed by atoms with Crippen LogP contribution < -0.4 is 0 Å². The van der Waals surface area contributed by atoms with Crippen molar-refractivity contribution in [1.82, 2.24) is 0 Å². The lowest BCUT2D eigenvalue weighted by Crippen LogP contribution is -2.49. The van der Waals surface area contributed by atoms with E-state index in [1.807, 2.05) is 0 Å². The Morgan fingerprint density at radius 3 is 1.73 bits per heavy atom. The standard InChI is InChI=1S/C11H20/c1-3-10-6-5-7-11(4-2,8-10)9-10/h3-9H2,1-2H3. The topological polar surface area (TPSA) is 0 Å². The molecule has 0 spiro atoms. The van der Waals surface area contributed by atoms with Crippen molar-refractivity contribution in [3.63, 3.8) is 0 Å². The van der Waals surface area contributed by atoms with Crippen LogP contribution in [0.25, 0.3) is 0 Å². The second kappa shape index (κ2) is 2.24. The molecular formula is C11H20. The van der Waals surface area contributed by atoms with Gasteiger partial charge >= 0.3 is 0 Å². The third-order valence-corrected chi connectivity index (χ3v) is 4.41. The van der Waals surface area contributed by atoms with Gasteiger partial charge in [0, 0.05) is 0 Å². The molecule has 0 N–H and O–H groups in total. The van der Waals surface area contributed by atoms with E-state index in [0.717, 1.165) is 10.8 Å². The molecule has 0 saturated heterocycles. The normalized spacial score (nSPS) is 48.5. The van der Waals surface area contributed by atoms with Crippen molar-refractivity contribution in [2.45, 2.75) is 58.8 Å². The van der Waals surface area contributed by atoms with Crippen LogP contribution in [0.4, 0.5) is 0 Å². The molecular weight excluding hydrogens is 132 g/mol. The Hall–Kier alpha value is 0. The van der Waals surface area contributed by atoms with Crippen molar-refractivity contribution in [2.24, 2.45) is 10.8 Å². The molecule has 3 fully saturated rings. The summed E-state index contributed by atoms with van der Waals surface area (Å²) in [6.45, 7) is 4.76. The van der Waals surface area contributed by atoms with Gasteiger partial charge in [-0.1, -0.05) is 33.1 Å². The van der Waals surface area contributed by atoms with Gasteiger partial charge in [0.05, 0.1) is 0 Å². The van der Waals surface area contributed by atoms with Gasteiger partial charge < -0.3 is 0 Å². The second-order valence-electron chi connectivity index (χ2n) is 4.91. The van der Waals surface area contributed by atoms with Gasteiger partial charge in [0.15, 0.2) is 0 Å². The highest BCUT2D eigenvalue weighted by Crippen LogP contribution is 2.66. The van der Waals surface area contributed by atoms with Crippen molar-refractivity contribution >= 4 is 0 Å². The van der Waals surface area contributed by atoms with Gasteiger partial charge in [0.1, 0.15) is 0 Å². The van der Waals surface area contributed by atoms with Crippen molar-refractivity contribution in [3.8, 4) is 0 Å². The fourth-order valence-corrected chi connectivity index (χ4v) is 3.58. The van der Waals surface area contributed by atoms with E-state index in [4.69, 9.17) is 0 Å². The molecule has 0 amide bonds. The second-order valence-corrected chi connectivity index (χ2v) is 4.91. The highest BCUT2D eigenvalue weighted by molar-refractivity contribution is 5.05. The van der Waals surface area contributed by atoms with Crippen LogP contribution in [0.5, 0.6) is 0 Å². The molecule has 0 aromatic rings. The van der Waals surface area contributed by atoms with E-state index >= 15 is 0 Å². The van der Waals surface area contributed by atoms with Crippen LogP contribution >= 0.6 is 0 Å². The summed E-state index contributed by atoms with van der Waals surface area (Å²) in [7, 11) is 0. The summed E-state index contributed by atoms with van der Waals surface area (Å²) in [5.41, 5.74) is 1.66. The summed E-state index contributed by atoms with van der Waals surface area (Å²) in [6, 6.07) is 0. The van der Waals surface area contributed by atoms with E-state index in [1.165, 1.54) is 32.1 Å². The molecule has 0 radical (unpaired) electrons. The van der Waals surface area contributed by atoms with Gasteiger partial charge in [-0.15, -0.1) is 0 Å². The first-order chi connectivity index (χ1) is 5.24. The highest BCUT2D eigenvalue weighted by Gasteiger charge is 2.54. The zero-order valence-corrected chi connectivity index (χ0v) is 7.95. The predicted molar refractivity (Wildman–Crippen MR) is 48.5 cm³/mol. The highest BCUT2D eigenvalue weighted by atomic mass is 14.6. The zero-order valence-electron chi connectivity index (χ0n) is 7.95. The van der Waals surface area contributed by atoms with Crippen LogP contribution in [0, 0.1) is 10.8 Å². The monoisotopic (exact) mass is 152 g/mol. The number of rotatable bonds is 2. The van der Waals surface area contributed by atoms with Crippen LogP contribution in [0.2, 0.25) is 0 Å². The Morgan fingerprint density at radius 2 is 1.36 bits per heavy atom. The summed E-state index contributed by atoms with van der Waals surface area (Å²) in [6.07, 6.45) is 10.6. The lowest BCUT2D eigenvalue weighted by molar-refractivity contribution is -0.0980. The molecule has 0 heteroatoms. The van der Waals surface area contributed by atoms with Crippen LogP contribution in [0.3, 0.4) is 0 Å². The quantitative estimate of drug-likeness (QED) is 0.565. The Kier molecular flexibility index (Phi) is 1.56. The molecule has 0 aromatic carbocycles. The molecule has 3 aliphatic rings. The Balaban J connectivity index is 2.05. The fourth-order valence-electron chi connectivity index (χ4n) is 3.58. The molecule has 0 aliphatic heterocycles. The van der Waals surface area contributed by atoms with E-state index < -0.39 is 0 Å². The first kappa shape index (κ1) is 7.64. The molecule has 0 aromatic heterocycles. The van der Waals surface area contributed by atoms with Crippen molar-refractivity contribution < 1.29 is 0 Å². The molecule has 2 bridgehead atoms. The molecule has 0 nitrogen and oxygen atoms in total. The molecule has 3 aliphatic carbocycles. The van der Waals surface area contributed by atoms with Crippen molar-refractivity contribution in [2.75, 3.05) is 0 Å². The molecule has 0 heterocycles. The Labute approximate surface area is 70.4 Å². The van der Waals surface area contributed by atoms with E-state index in [1.54, 1.807) is 12.8 Å². The molecule has 64 valence electrons. The minimum Gasteiger partial charge on any atom is -0.0649 e. The lowest BCUT2D eigenvalue weighted by Gasteiger charge is -2.61. The van der Waals surface area contributed by atoms with E-state index in [0.29, 0.717) is 0 Å². The minimum absolute atomic E-state index is 0.828. The summed E-state index contributed by atoms with van der Waals surface area (Å²) in [5, 5.41) is 0. The van der Waals surface area contributed by atoms with Gasteiger partial charge in [0.25, 0.3) is 0 Å². The fraction of sp³-hybridized carbons (Fsp3) is 1.00. The molecule has 0 atom stereocenters. The van der Waals surface area contributed by atoms with Gasteiger partial charge in [-0.3, -0.25) is 0 Å². The van der Waals surface area contributed by atoms with Crippen LogP contribution in [0.15, 0.2) is 0 Å². The molecule has 0 unspecified atom stereocenters. The van der Waals surface area contributed by atoms with Crippen molar-refractivity contribution in [1.29, 1.82) is 0 Å². The minimum atomic E-state index is 0.828. The zero-order chi connectivity index (χ0) is 7.95. The largest absolute Gasteiger partial charge is 0.0649 e. The average molecular weight is 152 g/mol. The van der Waals surface area contributed by atoms with Crippen LogP contribution in [-0.4, -0.2) is 0 Å². The molecule has 3 saturated carbocycles. The molecule has 3 rings (SSSR count). The first-order valence-corrected chi connectivity index (χ1v) is 5.24. The maximum atomic E-state index is 2.38. The maximum Gasteiger partial charge on any atom is -0.0290 e. The molecule has 11 heavy (non-hydrogen) atoms. The average Bonchev–Trinajstić information content (AvgIpc) is 2.04. The summed E-state index contributed by atoms with van der Waals surface area (Å²) in [5.74, 6) is 0. The van der Waals surface area contributed by atoms with Gasteiger partial charge in [-0.05, 0) is 36.5 Å². The summed E-state index contributed by atoms with van der Waals surface area (Å²) >= 11 is 0. The lowest BCUT2D eigenvalue weighted by atomic mass is 9.44. The number of hydrogen-bond donors (Lipinski definition) is 0. The van der Waals surface area contributed by atoms with E-state index in [9.17, 15) is 0 Å². The summed E-state index contributed by atoms with van der Waals surface area (Å²) in [4.78, 5) is 0. The third-order valence-electron chi connectivity index (χ3n) is 4.41. The number of fused-ring (bicyclic) bond motifs is 2. The van der Waals surface area contributed by atoms with Gasteiger partial charge in [-0.25, -0.2) is 0 Å². The van der Waals surface area contributed by atoms with Gasteiger partial charge in [-0.2, -0.15) is 0 Å². The van der Waals surface area contributed by atoms with E-state index in [2.05, 4.69) is 13.8 Å². The predicted octanol–water partition coefficient (Wildman–Crippen LogP) is 3.76. The van der Waals surface area contributed by atoms with Gasteiger partial charge in [0.2, 0.25) is 0 Å². The maximum absolute atomic E-state index is 2.38. The van der Waals surface area contributed by atoms with Crippen LogP contribution in [0.1, 0.15) is 58.8 Å². The van der Waals surface area contributed by atoms with E-state index in [-0.39, 0.29) is 0 Å². The van der Waals surface area contributed by atoms with Crippen LogP contribution in [-0.2, 0) is 0 Å². The number of hydrogen-bond acceptors (Lipinski definition) is 0. The third kappa shape index (κ3) is 0.947. The summed E-state index contributed by atoms with van der Waals surface area (Å²) < 4.78 is 0. The Morgan fingerprint density at radius 1 is 0.909 bits per heavy atom. The first-order valence-electron chi connectivity index (χ1n) is 5.24. The SMILES string of the molecule is CCC12CCCC(CC)(C1)C2. The Bertz CT molecular complexity index is 135. The van der Waals surface area contributed by atoms with Crippen molar-refractivity contribution in [3.05, 3.63) is 0 Å².